The van der Waals surface area contributed by atoms with Crippen molar-refractivity contribution in [3.8, 4) is 0 Å². The molecule has 7 nitrogen and oxygen atoms in total. The van der Waals surface area contributed by atoms with Gasteiger partial charge in [-0.05, 0) is 19.9 Å². The third kappa shape index (κ3) is 3.51. The summed E-state index contributed by atoms with van der Waals surface area (Å²) in [7, 11) is 1.85. The summed E-state index contributed by atoms with van der Waals surface area (Å²) in [6.45, 7) is 8.15. The lowest BCUT2D eigenvalue weighted by atomic mass is 10.2. The first-order valence-electron chi connectivity index (χ1n) is 7.95. The minimum Gasteiger partial charge on any atom is -0.379 e. The Bertz CT molecular complexity index is 706. The topological polar surface area (TPSA) is 72.3 Å². The first kappa shape index (κ1) is 15.9. The molecular formula is C16H23N5O2. The quantitative estimate of drug-likeness (QED) is 0.900. The van der Waals surface area contributed by atoms with E-state index < -0.39 is 0 Å². The number of aromatic nitrogens is 3. The van der Waals surface area contributed by atoms with Crippen molar-refractivity contribution >= 4 is 16.9 Å². The molecule has 2 aromatic heterocycles. The van der Waals surface area contributed by atoms with Gasteiger partial charge in [0.15, 0.2) is 5.65 Å². The molecule has 1 atom stereocenters. The van der Waals surface area contributed by atoms with Crippen molar-refractivity contribution in [3.05, 3.63) is 23.5 Å². The van der Waals surface area contributed by atoms with Crippen molar-refractivity contribution in [2.45, 2.75) is 19.9 Å². The molecule has 3 rings (SSSR count). The lowest BCUT2D eigenvalue weighted by molar-refractivity contribution is 0.0342. The molecule has 1 fully saturated rings. The molecular weight excluding hydrogens is 294 g/mol. The highest BCUT2D eigenvalue weighted by Crippen LogP contribution is 2.16. The predicted molar refractivity (Wildman–Crippen MR) is 87.4 cm³/mol. The number of carbonyl (C=O) groups is 1. The normalized spacial score (nSPS) is 17.3. The number of ether oxygens (including phenoxy) is 1. The van der Waals surface area contributed by atoms with E-state index in [9.17, 15) is 4.79 Å². The van der Waals surface area contributed by atoms with Crippen LogP contribution in [0.5, 0.6) is 0 Å². The Morgan fingerprint density at radius 2 is 2.17 bits per heavy atom. The Labute approximate surface area is 135 Å². The van der Waals surface area contributed by atoms with Crippen LogP contribution in [0.1, 0.15) is 23.0 Å². The molecule has 0 bridgehead atoms. The maximum absolute atomic E-state index is 12.4. The molecule has 1 amide bonds. The van der Waals surface area contributed by atoms with E-state index in [0.29, 0.717) is 5.56 Å². The van der Waals surface area contributed by atoms with E-state index >= 15 is 0 Å². The van der Waals surface area contributed by atoms with Gasteiger partial charge >= 0.3 is 0 Å². The monoisotopic (exact) mass is 317 g/mol. The lowest BCUT2D eigenvalue weighted by Crippen LogP contribution is -2.46. The van der Waals surface area contributed by atoms with Crippen molar-refractivity contribution in [1.82, 2.24) is 25.0 Å². The van der Waals surface area contributed by atoms with E-state index in [1.807, 2.05) is 27.0 Å². The summed E-state index contributed by atoms with van der Waals surface area (Å²) in [5.41, 5.74) is 2.24. The second kappa shape index (κ2) is 6.64. The van der Waals surface area contributed by atoms with E-state index in [0.717, 1.165) is 49.6 Å². The third-order valence-electron chi connectivity index (χ3n) is 4.14. The fraction of sp³-hybridized carbons (Fsp3) is 0.562. The van der Waals surface area contributed by atoms with E-state index in [1.165, 1.54) is 0 Å². The Morgan fingerprint density at radius 1 is 1.43 bits per heavy atom. The number of nitrogens with one attached hydrogen (secondary N) is 1. The molecule has 0 unspecified atom stereocenters. The zero-order valence-electron chi connectivity index (χ0n) is 13.9. The Morgan fingerprint density at radius 3 is 2.91 bits per heavy atom. The van der Waals surface area contributed by atoms with Crippen LogP contribution in [0.25, 0.3) is 11.0 Å². The van der Waals surface area contributed by atoms with Gasteiger partial charge in [-0.2, -0.15) is 5.10 Å². The number of carbonyl (C=O) groups excluding carboxylic acids is 1. The molecule has 23 heavy (non-hydrogen) atoms. The fourth-order valence-electron chi connectivity index (χ4n) is 2.96. The Kier molecular flexibility index (Phi) is 4.58. The third-order valence-corrected chi connectivity index (χ3v) is 4.14. The molecule has 2 aromatic rings. The summed E-state index contributed by atoms with van der Waals surface area (Å²) in [4.78, 5) is 19.1. The van der Waals surface area contributed by atoms with Crippen LogP contribution in [0.3, 0.4) is 0 Å². The van der Waals surface area contributed by atoms with E-state index in [-0.39, 0.29) is 11.9 Å². The lowest BCUT2D eigenvalue weighted by Gasteiger charge is -2.29. The van der Waals surface area contributed by atoms with E-state index in [1.54, 1.807) is 10.9 Å². The van der Waals surface area contributed by atoms with Crippen molar-refractivity contribution in [2.24, 2.45) is 7.05 Å². The number of amides is 1. The highest BCUT2D eigenvalue weighted by atomic mass is 16.5. The minimum absolute atomic E-state index is 0.0753. The maximum atomic E-state index is 12.4. The molecule has 3 heterocycles. The van der Waals surface area contributed by atoms with E-state index in [4.69, 9.17) is 4.74 Å². The molecule has 124 valence electrons. The summed E-state index contributed by atoms with van der Waals surface area (Å²) < 4.78 is 7.07. The molecule has 1 aliphatic heterocycles. The van der Waals surface area contributed by atoms with Crippen molar-refractivity contribution < 1.29 is 9.53 Å². The maximum Gasteiger partial charge on any atom is 0.253 e. The number of rotatable bonds is 4. The average molecular weight is 317 g/mol. The zero-order chi connectivity index (χ0) is 16.4. The first-order valence-corrected chi connectivity index (χ1v) is 7.95. The first-order chi connectivity index (χ1) is 11.0. The highest BCUT2D eigenvalue weighted by Gasteiger charge is 2.17. The van der Waals surface area contributed by atoms with Crippen LogP contribution in [-0.2, 0) is 11.8 Å². The number of morpholine rings is 1. The van der Waals surface area contributed by atoms with Gasteiger partial charge in [-0.15, -0.1) is 0 Å². The van der Waals surface area contributed by atoms with Crippen LogP contribution in [0.2, 0.25) is 0 Å². The minimum atomic E-state index is -0.0941. The molecule has 7 heteroatoms. The van der Waals surface area contributed by atoms with Crippen molar-refractivity contribution in [1.29, 1.82) is 0 Å². The average Bonchev–Trinajstić information content (AvgIpc) is 2.82. The van der Waals surface area contributed by atoms with Gasteiger partial charge < -0.3 is 10.1 Å². The molecule has 0 saturated carbocycles. The van der Waals surface area contributed by atoms with Crippen molar-refractivity contribution in [2.75, 3.05) is 32.8 Å². The van der Waals surface area contributed by atoms with Crippen LogP contribution in [0.4, 0.5) is 0 Å². The summed E-state index contributed by atoms with van der Waals surface area (Å²) >= 11 is 0. The van der Waals surface area contributed by atoms with E-state index in [2.05, 4.69) is 20.3 Å². The SMILES string of the molecule is Cc1nn(C)c2ncc(C(=O)N[C@@H](C)CN3CCOCC3)cc12. The number of hydrogen-bond donors (Lipinski definition) is 1. The molecule has 0 aromatic carbocycles. The Hall–Kier alpha value is -1.99. The van der Waals surface area contributed by atoms with Crippen LogP contribution in [0, 0.1) is 6.92 Å². The largest absolute Gasteiger partial charge is 0.379 e. The van der Waals surface area contributed by atoms with Crippen LogP contribution >= 0.6 is 0 Å². The smallest absolute Gasteiger partial charge is 0.253 e. The van der Waals surface area contributed by atoms with Crippen LogP contribution in [-0.4, -0.2) is 64.5 Å². The van der Waals surface area contributed by atoms with Gasteiger partial charge in [0.1, 0.15) is 0 Å². The molecule has 0 aliphatic carbocycles. The summed E-state index contributed by atoms with van der Waals surface area (Å²) in [5, 5.41) is 8.30. The number of nitrogens with zero attached hydrogens (tertiary/aromatic N) is 4. The number of pyridine rings is 1. The van der Waals surface area contributed by atoms with Gasteiger partial charge in [-0.1, -0.05) is 0 Å². The van der Waals surface area contributed by atoms with Crippen LogP contribution in [0.15, 0.2) is 12.3 Å². The zero-order valence-corrected chi connectivity index (χ0v) is 13.9. The number of fused-ring (bicyclic) bond motifs is 1. The predicted octanol–water partition coefficient (Wildman–Crippen LogP) is 0.727. The van der Waals surface area contributed by atoms with Gasteiger partial charge in [-0.25, -0.2) is 4.98 Å². The van der Waals surface area contributed by atoms with Crippen molar-refractivity contribution in [3.63, 3.8) is 0 Å². The summed E-state index contributed by atoms with van der Waals surface area (Å²) in [6, 6.07) is 1.94. The Balaban J connectivity index is 1.66. The number of hydrogen-bond acceptors (Lipinski definition) is 5. The molecule has 1 aliphatic rings. The van der Waals surface area contributed by atoms with Gasteiger partial charge in [0.25, 0.3) is 5.91 Å². The summed E-state index contributed by atoms with van der Waals surface area (Å²) in [5.74, 6) is -0.0941. The second-order valence-corrected chi connectivity index (χ2v) is 6.09. The number of aryl methyl sites for hydroxylation is 2. The molecule has 1 N–H and O–H groups in total. The van der Waals surface area contributed by atoms with Crippen LogP contribution < -0.4 is 5.32 Å². The fourth-order valence-corrected chi connectivity index (χ4v) is 2.96. The van der Waals surface area contributed by atoms with Gasteiger partial charge in [0, 0.05) is 44.3 Å². The molecule has 0 radical (unpaired) electrons. The van der Waals surface area contributed by atoms with Gasteiger partial charge in [0.05, 0.1) is 24.5 Å². The summed E-state index contributed by atoms with van der Waals surface area (Å²) in [6.07, 6.45) is 1.61. The van der Waals surface area contributed by atoms with Gasteiger partial charge in [0.2, 0.25) is 0 Å². The second-order valence-electron chi connectivity index (χ2n) is 6.09. The highest BCUT2D eigenvalue weighted by molar-refractivity contribution is 5.97. The van der Waals surface area contributed by atoms with Gasteiger partial charge in [-0.3, -0.25) is 14.4 Å². The molecule has 0 spiro atoms. The molecule has 1 saturated heterocycles. The standard InChI is InChI=1S/C16H23N5O2/c1-11(10-21-4-6-23-7-5-21)18-16(22)13-8-14-12(2)19-20(3)15(14)17-9-13/h8-9,11H,4-7,10H2,1-3H3,(H,18,22)/t11-/m0/s1.